The molecule has 1 saturated heterocycles. The first-order chi connectivity index (χ1) is 11.2. The number of ether oxygens (including phenoxy) is 1. The lowest BCUT2D eigenvalue weighted by molar-refractivity contribution is 0.0529. The second-order valence-corrected chi connectivity index (χ2v) is 5.43. The zero-order valence-electron chi connectivity index (χ0n) is 13.0. The fraction of sp³-hybridized carbons (Fsp3) is 0.375. The number of carbonyl (C=O) groups excluding carboxylic acids is 1. The maximum Gasteiger partial charge on any atom is 0.271 e. The summed E-state index contributed by atoms with van der Waals surface area (Å²) in [5.41, 5.74) is 1.24. The number of nitrogens with one attached hydrogen (secondary N) is 1. The number of aromatic nitrogens is 3. The Balaban J connectivity index is 1.56. The fourth-order valence-electron chi connectivity index (χ4n) is 2.42. The quantitative estimate of drug-likeness (QED) is 0.908. The van der Waals surface area contributed by atoms with Crippen molar-refractivity contribution >= 4 is 11.7 Å². The standard InChI is InChI=1S/C16H19N5O2/c1-12-11-21(6-7-23-12)15-3-2-13(8-19-15)9-20-16(22)14-10-17-4-5-18-14/h2-5,8,10,12H,6-7,9,11H2,1H3,(H,20,22)/t12-/m0/s1. The van der Waals surface area contributed by atoms with E-state index in [4.69, 9.17) is 4.74 Å². The molecule has 1 amide bonds. The summed E-state index contributed by atoms with van der Waals surface area (Å²) in [6.07, 6.45) is 6.47. The van der Waals surface area contributed by atoms with Gasteiger partial charge in [0.1, 0.15) is 11.5 Å². The maximum atomic E-state index is 11.9. The number of pyridine rings is 1. The van der Waals surface area contributed by atoms with E-state index >= 15 is 0 Å². The Morgan fingerprint density at radius 3 is 2.96 bits per heavy atom. The molecule has 1 fully saturated rings. The van der Waals surface area contributed by atoms with Crippen LogP contribution < -0.4 is 10.2 Å². The van der Waals surface area contributed by atoms with Gasteiger partial charge in [-0.15, -0.1) is 0 Å². The summed E-state index contributed by atoms with van der Waals surface area (Å²) in [6, 6.07) is 3.95. The first kappa shape index (κ1) is 15.4. The van der Waals surface area contributed by atoms with E-state index in [1.807, 2.05) is 12.1 Å². The predicted octanol–water partition coefficient (Wildman–Crippen LogP) is 1.03. The van der Waals surface area contributed by atoms with E-state index in [0.717, 1.165) is 31.1 Å². The molecule has 0 unspecified atom stereocenters. The van der Waals surface area contributed by atoms with Crippen LogP contribution in [-0.4, -0.2) is 46.7 Å². The Hall–Kier alpha value is -2.54. The largest absolute Gasteiger partial charge is 0.375 e. The first-order valence-electron chi connectivity index (χ1n) is 7.58. The molecule has 0 spiro atoms. The smallest absolute Gasteiger partial charge is 0.271 e. The third kappa shape index (κ3) is 4.01. The van der Waals surface area contributed by atoms with E-state index in [-0.39, 0.29) is 12.0 Å². The van der Waals surface area contributed by atoms with E-state index < -0.39 is 0 Å². The molecule has 0 radical (unpaired) electrons. The van der Waals surface area contributed by atoms with Crippen molar-refractivity contribution in [1.82, 2.24) is 20.3 Å². The molecule has 1 aliphatic heterocycles. The van der Waals surface area contributed by atoms with Crippen molar-refractivity contribution < 1.29 is 9.53 Å². The Morgan fingerprint density at radius 2 is 2.26 bits per heavy atom. The van der Waals surface area contributed by atoms with Gasteiger partial charge in [0.05, 0.1) is 18.9 Å². The topological polar surface area (TPSA) is 80.2 Å². The van der Waals surface area contributed by atoms with Gasteiger partial charge in [-0.1, -0.05) is 6.07 Å². The monoisotopic (exact) mass is 313 g/mol. The fourth-order valence-corrected chi connectivity index (χ4v) is 2.42. The number of anilines is 1. The minimum atomic E-state index is -0.246. The van der Waals surface area contributed by atoms with Crippen LogP contribution in [0.25, 0.3) is 0 Å². The van der Waals surface area contributed by atoms with Crippen LogP contribution in [0.15, 0.2) is 36.9 Å². The molecular weight excluding hydrogens is 294 g/mol. The molecule has 0 saturated carbocycles. The highest BCUT2D eigenvalue weighted by Crippen LogP contribution is 2.15. The molecule has 0 aliphatic carbocycles. The summed E-state index contributed by atoms with van der Waals surface area (Å²) in [5.74, 6) is 0.688. The molecule has 23 heavy (non-hydrogen) atoms. The van der Waals surface area contributed by atoms with Crippen molar-refractivity contribution in [3.63, 3.8) is 0 Å². The van der Waals surface area contributed by atoms with Gasteiger partial charge >= 0.3 is 0 Å². The van der Waals surface area contributed by atoms with Gasteiger partial charge in [0.25, 0.3) is 5.91 Å². The summed E-state index contributed by atoms with van der Waals surface area (Å²) in [6.45, 7) is 4.87. The van der Waals surface area contributed by atoms with Crippen molar-refractivity contribution in [3.05, 3.63) is 48.2 Å². The van der Waals surface area contributed by atoms with Gasteiger partial charge in [0.15, 0.2) is 0 Å². The number of morpholine rings is 1. The normalized spacial score (nSPS) is 17.8. The Kier molecular flexibility index (Phi) is 4.77. The SMILES string of the molecule is C[C@H]1CN(c2ccc(CNC(=O)c3cnccn3)cn2)CCO1. The number of amides is 1. The molecule has 2 aromatic rings. The van der Waals surface area contributed by atoms with Crippen LogP contribution in [0, 0.1) is 0 Å². The van der Waals surface area contributed by atoms with Crippen molar-refractivity contribution in [3.8, 4) is 0 Å². The third-order valence-electron chi connectivity index (χ3n) is 3.62. The molecule has 1 aliphatic rings. The molecule has 3 rings (SSSR count). The van der Waals surface area contributed by atoms with E-state index in [9.17, 15) is 4.79 Å². The molecule has 1 atom stereocenters. The van der Waals surface area contributed by atoms with Crippen LogP contribution in [-0.2, 0) is 11.3 Å². The van der Waals surface area contributed by atoms with Crippen LogP contribution in [0.1, 0.15) is 23.0 Å². The minimum Gasteiger partial charge on any atom is -0.375 e. The van der Waals surface area contributed by atoms with Crippen molar-refractivity contribution in [2.45, 2.75) is 19.6 Å². The highest BCUT2D eigenvalue weighted by molar-refractivity contribution is 5.91. The van der Waals surface area contributed by atoms with Gasteiger partial charge in [-0.2, -0.15) is 0 Å². The second-order valence-electron chi connectivity index (χ2n) is 5.43. The van der Waals surface area contributed by atoms with Gasteiger partial charge in [0.2, 0.25) is 0 Å². The lowest BCUT2D eigenvalue weighted by Crippen LogP contribution is -2.41. The average Bonchev–Trinajstić information content (AvgIpc) is 2.61. The summed E-state index contributed by atoms with van der Waals surface area (Å²) in [7, 11) is 0. The molecule has 0 bridgehead atoms. The first-order valence-corrected chi connectivity index (χ1v) is 7.58. The molecule has 0 aromatic carbocycles. The van der Waals surface area contributed by atoms with Gasteiger partial charge in [-0.05, 0) is 18.6 Å². The molecule has 7 nitrogen and oxygen atoms in total. The second kappa shape index (κ2) is 7.15. The average molecular weight is 313 g/mol. The van der Waals surface area contributed by atoms with E-state index in [0.29, 0.717) is 12.2 Å². The molecule has 1 N–H and O–H groups in total. The highest BCUT2D eigenvalue weighted by Gasteiger charge is 2.17. The third-order valence-corrected chi connectivity index (χ3v) is 3.62. The highest BCUT2D eigenvalue weighted by atomic mass is 16.5. The van der Waals surface area contributed by atoms with Gasteiger partial charge in [-0.3, -0.25) is 9.78 Å². The van der Waals surface area contributed by atoms with Crippen LogP contribution in [0.4, 0.5) is 5.82 Å². The summed E-state index contributed by atoms with van der Waals surface area (Å²) in [4.78, 5) is 26.4. The van der Waals surface area contributed by atoms with Crippen molar-refractivity contribution in [2.24, 2.45) is 0 Å². The zero-order valence-corrected chi connectivity index (χ0v) is 13.0. The van der Waals surface area contributed by atoms with Gasteiger partial charge in [0, 0.05) is 38.2 Å². The summed E-state index contributed by atoms with van der Waals surface area (Å²) in [5, 5.41) is 2.81. The van der Waals surface area contributed by atoms with E-state index in [1.54, 1.807) is 6.20 Å². The van der Waals surface area contributed by atoms with E-state index in [2.05, 4.69) is 32.1 Å². The number of rotatable bonds is 4. The number of nitrogens with zero attached hydrogens (tertiary/aromatic N) is 4. The van der Waals surface area contributed by atoms with Crippen LogP contribution >= 0.6 is 0 Å². The maximum absolute atomic E-state index is 11.9. The van der Waals surface area contributed by atoms with Crippen LogP contribution in [0.3, 0.4) is 0 Å². The predicted molar refractivity (Wildman–Crippen MR) is 85.1 cm³/mol. The summed E-state index contributed by atoms with van der Waals surface area (Å²) >= 11 is 0. The lowest BCUT2D eigenvalue weighted by atomic mass is 10.2. The summed E-state index contributed by atoms with van der Waals surface area (Å²) < 4.78 is 5.53. The lowest BCUT2D eigenvalue weighted by Gasteiger charge is -2.32. The molecule has 120 valence electrons. The molecule has 2 aromatic heterocycles. The van der Waals surface area contributed by atoms with E-state index in [1.165, 1.54) is 18.6 Å². The number of hydrogen-bond donors (Lipinski definition) is 1. The number of carbonyl (C=O) groups is 1. The van der Waals surface area contributed by atoms with Gasteiger partial charge < -0.3 is 15.0 Å². The van der Waals surface area contributed by atoms with Crippen LogP contribution in [0.2, 0.25) is 0 Å². The Morgan fingerprint density at radius 1 is 1.35 bits per heavy atom. The Labute approximate surface area is 134 Å². The van der Waals surface area contributed by atoms with Crippen LogP contribution in [0.5, 0.6) is 0 Å². The van der Waals surface area contributed by atoms with Crippen molar-refractivity contribution in [2.75, 3.05) is 24.6 Å². The molecular formula is C16H19N5O2. The number of hydrogen-bond acceptors (Lipinski definition) is 6. The zero-order chi connectivity index (χ0) is 16.1. The van der Waals surface area contributed by atoms with Gasteiger partial charge in [-0.25, -0.2) is 9.97 Å². The molecule has 3 heterocycles. The van der Waals surface area contributed by atoms with Crippen molar-refractivity contribution in [1.29, 1.82) is 0 Å². The molecule has 7 heteroatoms. The minimum absolute atomic E-state index is 0.219. The Bertz CT molecular complexity index is 647.